The summed E-state index contributed by atoms with van der Waals surface area (Å²) < 4.78 is 12.4. The lowest BCUT2D eigenvalue weighted by Gasteiger charge is -2.24. The Labute approximate surface area is 183 Å². The lowest BCUT2D eigenvalue weighted by Crippen LogP contribution is -2.43. The Balaban J connectivity index is 1.61. The van der Waals surface area contributed by atoms with Crippen LogP contribution in [0, 0.1) is 5.92 Å². The van der Waals surface area contributed by atoms with Crippen LogP contribution in [0.5, 0.6) is 11.5 Å². The third kappa shape index (κ3) is 3.18. The molecule has 1 unspecified atom stereocenters. The molecule has 4 nitrogen and oxygen atoms in total. The van der Waals surface area contributed by atoms with Gasteiger partial charge in [-0.05, 0) is 36.1 Å². The van der Waals surface area contributed by atoms with E-state index in [1.54, 1.807) is 0 Å². The Bertz CT molecular complexity index is 1110. The van der Waals surface area contributed by atoms with Gasteiger partial charge in [-0.15, -0.1) is 0 Å². The fraction of sp³-hybridized carbons (Fsp3) is 0.296. The standard InChI is InChI=1S/C27H27NO3/c1-19(2)15-16-28-22-12-8-14-24(30-17-20-9-4-3-5-10-20)25(22)27(26(28)29)18-31-23-13-7-6-11-21(23)27/h3-14,19H,15-18H2,1-2H3. The molecule has 0 aromatic heterocycles. The Morgan fingerprint density at radius 1 is 1.00 bits per heavy atom. The number of anilines is 1. The first-order valence-corrected chi connectivity index (χ1v) is 11.0. The van der Waals surface area contributed by atoms with E-state index in [1.165, 1.54) is 0 Å². The molecule has 0 saturated heterocycles. The highest BCUT2D eigenvalue weighted by Crippen LogP contribution is 2.55. The molecular formula is C27H27NO3. The number of amides is 1. The fourth-order valence-corrected chi connectivity index (χ4v) is 4.68. The molecule has 0 N–H and O–H groups in total. The molecule has 3 aromatic carbocycles. The summed E-state index contributed by atoms with van der Waals surface area (Å²) in [6, 6.07) is 24.0. The first kappa shape index (κ1) is 19.7. The zero-order valence-electron chi connectivity index (χ0n) is 18.0. The summed E-state index contributed by atoms with van der Waals surface area (Å²) in [6.45, 7) is 5.82. The third-order valence-electron chi connectivity index (χ3n) is 6.29. The molecule has 0 fully saturated rings. The fourth-order valence-electron chi connectivity index (χ4n) is 4.68. The molecule has 2 aliphatic heterocycles. The van der Waals surface area contributed by atoms with Crippen LogP contribution >= 0.6 is 0 Å². The van der Waals surface area contributed by atoms with Crippen LogP contribution in [0.1, 0.15) is 37.0 Å². The number of para-hydroxylation sites is 1. The maximum absolute atomic E-state index is 14.0. The lowest BCUT2D eigenvalue weighted by molar-refractivity contribution is -0.122. The summed E-state index contributed by atoms with van der Waals surface area (Å²) in [5, 5.41) is 0. The Morgan fingerprint density at radius 2 is 1.77 bits per heavy atom. The van der Waals surface area contributed by atoms with Crippen molar-refractivity contribution in [1.29, 1.82) is 0 Å². The normalized spacial score (nSPS) is 18.9. The van der Waals surface area contributed by atoms with Crippen LogP contribution in [0.2, 0.25) is 0 Å². The van der Waals surface area contributed by atoms with Crippen molar-refractivity contribution in [2.75, 3.05) is 18.1 Å². The smallest absolute Gasteiger partial charge is 0.246 e. The molecule has 0 bridgehead atoms. The van der Waals surface area contributed by atoms with Crippen LogP contribution in [-0.2, 0) is 16.8 Å². The number of hydrogen-bond donors (Lipinski definition) is 0. The van der Waals surface area contributed by atoms with Crippen molar-refractivity contribution in [2.24, 2.45) is 5.92 Å². The van der Waals surface area contributed by atoms with Crippen molar-refractivity contribution in [2.45, 2.75) is 32.3 Å². The molecule has 0 saturated carbocycles. The molecule has 4 heteroatoms. The van der Waals surface area contributed by atoms with E-state index in [0.29, 0.717) is 25.7 Å². The highest BCUT2D eigenvalue weighted by molar-refractivity contribution is 6.12. The second-order valence-electron chi connectivity index (χ2n) is 8.75. The van der Waals surface area contributed by atoms with Crippen molar-refractivity contribution >= 4 is 11.6 Å². The van der Waals surface area contributed by atoms with E-state index in [4.69, 9.17) is 9.47 Å². The summed E-state index contributed by atoms with van der Waals surface area (Å²) in [4.78, 5) is 15.9. The number of fused-ring (bicyclic) bond motifs is 4. The second-order valence-corrected chi connectivity index (χ2v) is 8.75. The van der Waals surface area contributed by atoms with Gasteiger partial charge < -0.3 is 14.4 Å². The number of carbonyl (C=O) groups is 1. The van der Waals surface area contributed by atoms with Gasteiger partial charge in [0.05, 0.1) is 5.69 Å². The number of rotatable bonds is 6. The molecular weight excluding hydrogens is 386 g/mol. The molecule has 1 amide bonds. The maximum atomic E-state index is 14.0. The highest BCUT2D eigenvalue weighted by atomic mass is 16.5. The van der Waals surface area contributed by atoms with Gasteiger partial charge in [-0.1, -0.05) is 68.4 Å². The molecule has 1 atom stereocenters. The number of nitrogens with zero attached hydrogens (tertiary/aromatic N) is 1. The van der Waals surface area contributed by atoms with E-state index in [1.807, 2.05) is 77.7 Å². The number of hydrogen-bond acceptors (Lipinski definition) is 3. The van der Waals surface area contributed by atoms with Gasteiger partial charge in [0.25, 0.3) is 0 Å². The lowest BCUT2D eigenvalue weighted by atomic mass is 9.76. The van der Waals surface area contributed by atoms with Gasteiger partial charge >= 0.3 is 0 Å². The zero-order chi connectivity index (χ0) is 21.4. The summed E-state index contributed by atoms with van der Waals surface area (Å²) in [6.07, 6.45) is 0.943. The first-order valence-electron chi connectivity index (χ1n) is 11.0. The van der Waals surface area contributed by atoms with Crippen LogP contribution in [-0.4, -0.2) is 19.1 Å². The van der Waals surface area contributed by atoms with Crippen molar-refractivity contribution in [1.82, 2.24) is 0 Å². The number of carbonyl (C=O) groups excluding carboxylic acids is 1. The van der Waals surface area contributed by atoms with E-state index in [9.17, 15) is 4.79 Å². The summed E-state index contributed by atoms with van der Waals surface area (Å²) in [5.41, 5.74) is 3.05. The SMILES string of the molecule is CC(C)CCN1C(=O)C2(COc3ccccc32)c2c(OCc3ccccc3)cccc21. The molecule has 5 rings (SSSR count). The topological polar surface area (TPSA) is 38.8 Å². The molecule has 158 valence electrons. The van der Waals surface area contributed by atoms with Gasteiger partial charge in [-0.25, -0.2) is 0 Å². The van der Waals surface area contributed by atoms with Gasteiger partial charge in [-0.3, -0.25) is 4.79 Å². The zero-order valence-corrected chi connectivity index (χ0v) is 18.0. The van der Waals surface area contributed by atoms with Crippen molar-refractivity contribution in [3.8, 4) is 11.5 Å². The van der Waals surface area contributed by atoms with E-state index in [0.717, 1.165) is 40.3 Å². The molecule has 3 aromatic rings. The third-order valence-corrected chi connectivity index (χ3v) is 6.29. The first-order chi connectivity index (χ1) is 15.1. The molecule has 2 heterocycles. The maximum Gasteiger partial charge on any atom is 0.246 e. The van der Waals surface area contributed by atoms with E-state index >= 15 is 0 Å². The largest absolute Gasteiger partial charge is 0.491 e. The molecule has 1 spiro atoms. The molecule has 0 aliphatic carbocycles. The van der Waals surface area contributed by atoms with Crippen molar-refractivity contribution in [3.63, 3.8) is 0 Å². The monoisotopic (exact) mass is 413 g/mol. The van der Waals surface area contributed by atoms with Gasteiger partial charge in [0.2, 0.25) is 5.91 Å². The highest BCUT2D eigenvalue weighted by Gasteiger charge is 2.58. The van der Waals surface area contributed by atoms with Crippen molar-refractivity contribution in [3.05, 3.63) is 89.5 Å². The summed E-state index contributed by atoms with van der Waals surface area (Å²) in [5.74, 6) is 2.13. The minimum atomic E-state index is -0.851. The minimum absolute atomic E-state index is 0.0869. The predicted octanol–water partition coefficient (Wildman–Crippen LogP) is 5.34. The van der Waals surface area contributed by atoms with Crippen LogP contribution in [0.4, 0.5) is 5.69 Å². The Kier molecular flexibility index (Phi) is 4.93. The molecule has 31 heavy (non-hydrogen) atoms. The Morgan fingerprint density at radius 3 is 2.58 bits per heavy atom. The minimum Gasteiger partial charge on any atom is -0.491 e. The van der Waals surface area contributed by atoms with E-state index in [-0.39, 0.29) is 5.91 Å². The quantitative estimate of drug-likeness (QED) is 0.548. The number of ether oxygens (including phenoxy) is 2. The van der Waals surface area contributed by atoms with Crippen LogP contribution in [0.15, 0.2) is 72.8 Å². The average molecular weight is 414 g/mol. The average Bonchev–Trinajstić information content (AvgIpc) is 3.29. The van der Waals surface area contributed by atoms with E-state index < -0.39 is 5.41 Å². The van der Waals surface area contributed by atoms with E-state index in [2.05, 4.69) is 13.8 Å². The second kappa shape index (κ2) is 7.77. The van der Waals surface area contributed by atoms with Gasteiger partial charge in [-0.2, -0.15) is 0 Å². The summed E-state index contributed by atoms with van der Waals surface area (Å²) >= 11 is 0. The number of benzene rings is 3. The molecule has 0 radical (unpaired) electrons. The summed E-state index contributed by atoms with van der Waals surface area (Å²) in [7, 11) is 0. The van der Waals surface area contributed by atoms with Gasteiger partial charge in [0.1, 0.15) is 30.1 Å². The molecule has 2 aliphatic rings. The Hall–Kier alpha value is -3.27. The van der Waals surface area contributed by atoms with Gasteiger partial charge in [0.15, 0.2) is 0 Å². The van der Waals surface area contributed by atoms with Gasteiger partial charge in [0, 0.05) is 17.7 Å². The van der Waals surface area contributed by atoms with Crippen LogP contribution < -0.4 is 14.4 Å². The van der Waals surface area contributed by atoms with Crippen LogP contribution in [0.3, 0.4) is 0 Å². The predicted molar refractivity (Wildman–Crippen MR) is 122 cm³/mol. The van der Waals surface area contributed by atoms with Crippen molar-refractivity contribution < 1.29 is 14.3 Å². The van der Waals surface area contributed by atoms with Crippen LogP contribution in [0.25, 0.3) is 0 Å².